The van der Waals surface area contributed by atoms with Gasteiger partial charge < -0.3 is 15.4 Å². The second-order valence-corrected chi connectivity index (χ2v) is 18.8. The van der Waals surface area contributed by atoms with Gasteiger partial charge in [-0.3, -0.25) is 14.3 Å². The lowest BCUT2D eigenvalue weighted by atomic mass is 9.88. The van der Waals surface area contributed by atoms with Gasteiger partial charge in [0.15, 0.2) is 0 Å². The Bertz CT molecular complexity index is 1460. The number of ether oxygens (including phenoxy) is 1. The number of pyridine rings is 1. The number of aryl methyl sites for hydroxylation is 2. The summed E-state index contributed by atoms with van der Waals surface area (Å²) in [5.41, 5.74) is 2.97. The molecule has 0 aliphatic heterocycles. The van der Waals surface area contributed by atoms with Crippen molar-refractivity contribution in [2.75, 3.05) is 11.9 Å². The van der Waals surface area contributed by atoms with Crippen LogP contribution in [-0.2, 0) is 29.7 Å². The van der Waals surface area contributed by atoms with Gasteiger partial charge in [-0.15, -0.1) is 0 Å². The van der Waals surface area contributed by atoms with Crippen LogP contribution in [0.15, 0.2) is 24.4 Å². The van der Waals surface area contributed by atoms with Crippen LogP contribution in [0.1, 0.15) is 54.5 Å². The molecule has 2 aliphatic carbocycles. The van der Waals surface area contributed by atoms with Crippen LogP contribution >= 0.6 is 0 Å². The SMILES string of the molecule is CCc1c(-c2ccc(NC(=O)[C@@H](NC(=O)c3ccnn3C)C(C3CC3)C3CC3)nc2F)c(C)nn1COCC[Si](C)(C)C. The van der Waals surface area contributed by atoms with Gasteiger partial charge in [-0.05, 0) is 81.0 Å². The Labute approximate surface area is 253 Å². The van der Waals surface area contributed by atoms with Crippen molar-refractivity contribution in [1.82, 2.24) is 29.9 Å². The lowest BCUT2D eigenvalue weighted by Crippen LogP contribution is -2.50. The summed E-state index contributed by atoms with van der Waals surface area (Å²) in [6.07, 6.45) is 6.38. The van der Waals surface area contributed by atoms with E-state index in [2.05, 4.69) is 45.5 Å². The van der Waals surface area contributed by atoms with E-state index in [1.54, 1.807) is 36.1 Å². The Morgan fingerprint density at radius 2 is 1.84 bits per heavy atom. The topological polar surface area (TPSA) is 116 Å². The van der Waals surface area contributed by atoms with Crippen molar-refractivity contribution in [2.45, 2.75) is 84.4 Å². The van der Waals surface area contributed by atoms with Gasteiger partial charge in [-0.25, -0.2) is 9.67 Å². The van der Waals surface area contributed by atoms with Crippen molar-refractivity contribution in [3.63, 3.8) is 0 Å². The smallest absolute Gasteiger partial charge is 0.270 e. The lowest BCUT2D eigenvalue weighted by Gasteiger charge is -2.27. The number of rotatable bonds is 14. The van der Waals surface area contributed by atoms with Crippen LogP contribution in [0.5, 0.6) is 0 Å². The van der Waals surface area contributed by atoms with Crippen LogP contribution in [0.3, 0.4) is 0 Å². The van der Waals surface area contributed by atoms with Crippen LogP contribution < -0.4 is 10.6 Å². The highest BCUT2D eigenvalue weighted by molar-refractivity contribution is 6.76. The molecule has 2 amide bonds. The first-order valence-corrected chi connectivity index (χ1v) is 19.1. The minimum absolute atomic E-state index is 0.0369. The molecule has 2 fully saturated rings. The number of aromatic nitrogens is 5. The van der Waals surface area contributed by atoms with Crippen molar-refractivity contribution in [1.29, 1.82) is 0 Å². The Hall–Kier alpha value is -3.38. The number of nitrogens with zero attached hydrogens (tertiary/aromatic N) is 5. The van der Waals surface area contributed by atoms with Gasteiger partial charge in [-0.1, -0.05) is 26.6 Å². The second-order valence-electron chi connectivity index (χ2n) is 13.2. The Kier molecular flexibility index (Phi) is 9.17. The van der Waals surface area contributed by atoms with Gasteiger partial charge in [-0.2, -0.15) is 14.6 Å². The Balaban J connectivity index is 1.33. The Morgan fingerprint density at radius 3 is 2.40 bits per heavy atom. The van der Waals surface area contributed by atoms with E-state index in [-0.39, 0.29) is 23.6 Å². The summed E-state index contributed by atoms with van der Waals surface area (Å²) < 4.78 is 24.8. The second kappa shape index (κ2) is 12.7. The summed E-state index contributed by atoms with van der Waals surface area (Å²) in [5.74, 6) is -0.491. The van der Waals surface area contributed by atoms with Crippen LogP contribution in [0.25, 0.3) is 11.1 Å². The number of carbonyl (C=O) groups is 2. The van der Waals surface area contributed by atoms with Gasteiger partial charge in [0.05, 0.1) is 5.69 Å². The first-order valence-electron chi connectivity index (χ1n) is 15.4. The maximum atomic E-state index is 15.6. The van der Waals surface area contributed by atoms with Crippen LogP contribution in [0, 0.1) is 30.6 Å². The van der Waals surface area contributed by atoms with E-state index in [0.29, 0.717) is 54.1 Å². The van der Waals surface area contributed by atoms with E-state index in [4.69, 9.17) is 4.74 Å². The van der Waals surface area contributed by atoms with Crippen molar-refractivity contribution in [2.24, 2.45) is 24.8 Å². The Morgan fingerprint density at radius 1 is 1.14 bits per heavy atom. The van der Waals surface area contributed by atoms with E-state index >= 15 is 4.39 Å². The minimum Gasteiger partial charge on any atom is -0.360 e. The van der Waals surface area contributed by atoms with Crippen molar-refractivity contribution in [3.8, 4) is 11.1 Å². The third-order valence-corrected chi connectivity index (χ3v) is 10.2. The molecule has 0 radical (unpaired) electrons. The van der Waals surface area contributed by atoms with Gasteiger partial charge in [0.1, 0.15) is 24.3 Å². The van der Waals surface area contributed by atoms with Crippen molar-refractivity contribution < 1.29 is 18.7 Å². The molecule has 3 aromatic heterocycles. The van der Waals surface area contributed by atoms with E-state index < -0.39 is 20.1 Å². The molecule has 0 aromatic carbocycles. The van der Waals surface area contributed by atoms with E-state index in [1.165, 1.54) is 4.68 Å². The first-order chi connectivity index (χ1) is 20.5. The van der Waals surface area contributed by atoms with Crippen LogP contribution in [-0.4, -0.2) is 57.1 Å². The highest BCUT2D eigenvalue weighted by Gasteiger charge is 2.48. The van der Waals surface area contributed by atoms with Gasteiger partial charge >= 0.3 is 0 Å². The largest absolute Gasteiger partial charge is 0.360 e. The number of amides is 2. The standard InChI is InChI=1S/C31H44FN7O3Si/c1-7-23-26(19(2)37-39(23)18-42-16-17-43(4,5)6)22-12-13-25(34-29(22)32)35-31(41)28(27(20-8-9-20)21-10-11-21)36-30(40)24-14-15-33-38(24)3/h12-15,20-21,27-28H,7-11,16-18H2,1-6H3,(H,36,40)(H,34,35,41)/t28-/m0/s1. The highest BCUT2D eigenvalue weighted by Crippen LogP contribution is 2.51. The van der Waals surface area contributed by atoms with Gasteiger partial charge in [0.2, 0.25) is 11.9 Å². The monoisotopic (exact) mass is 609 g/mol. The average Bonchev–Trinajstić information content (AvgIpc) is 3.88. The maximum absolute atomic E-state index is 15.6. The third-order valence-electron chi connectivity index (χ3n) is 8.49. The van der Waals surface area contributed by atoms with Gasteiger partial charge in [0, 0.05) is 44.7 Å². The predicted octanol–water partition coefficient (Wildman–Crippen LogP) is 5.17. The third kappa shape index (κ3) is 7.41. The molecule has 1 atom stereocenters. The molecule has 3 aromatic rings. The molecule has 12 heteroatoms. The number of hydrogen-bond acceptors (Lipinski definition) is 6. The fourth-order valence-corrected chi connectivity index (χ4v) is 6.67. The number of anilines is 1. The molecule has 232 valence electrons. The summed E-state index contributed by atoms with van der Waals surface area (Å²) in [5, 5.41) is 14.5. The molecule has 2 saturated carbocycles. The first kappa shape index (κ1) is 31.1. The zero-order chi connectivity index (χ0) is 30.9. The van der Waals surface area contributed by atoms with E-state index in [0.717, 1.165) is 37.4 Å². The molecule has 5 rings (SSSR count). The number of carbonyl (C=O) groups excluding carboxylic acids is 2. The van der Waals surface area contributed by atoms with Crippen molar-refractivity contribution in [3.05, 3.63) is 47.4 Å². The maximum Gasteiger partial charge on any atom is 0.270 e. The van der Waals surface area contributed by atoms with Crippen molar-refractivity contribution >= 4 is 25.7 Å². The number of nitrogens with one attached hydrogen (secondary N) is 2. The molecular weight excluding hydrogens is 565 g/mol. The molecule has 3 heterocycles. The zero-order valence-electron chi connectivity index (χ0n) is 26.1. The molecule has 0 spiro atoms. The summed E-state index contributed by atoms with van der Waals surface area (Å²) in [7, 11) is 0.480. The molecular formula is C31H44FN7O3Si. The molecule has 2 N–H and O–H groups in total. The highest BCUT2D eigenvalue weighted by atomic mass is 28.3. The fourth-order valence-electron chi connectivity index (χ4n) is 5.91. The quantitative estimate of drug-likeness (QED) is 0.148. The molecule has 43 heavy (non-hydrogen) atoms. The zero-order valence-corrected chi connectivity index (χ0v) is 27.1. The lowest BCUT2D eigenvalue weighted by molar-refractivity contribution is -0.119. The number of halogens is 1. The summed E-state index contributed by atoms with van der Waals surface area (Å²) in [6.45, 7) is 11.8. The molecule has 2 aliphatic rings. The van der Waals surface area contributed by atoms with Gasteiger partial charge in [0.25, 0.3) is 5.91 Å². The fraction of sp³-hybridized carbons (Fsp3) is 0.581. The summed E-state index contributed by atoms with van der Waals surface area (Å²) in [6, 6.07) is 5.18. The average molecular weight is 610 g/mol. The molecule has 0 saturated heterocycles. The van der Waals surface area contributed by atoms with E-state index in [9.17, 15) is 9.59 Å². The van der Waals surface area contributed by atoms with Crippen LogP contribution in [0.4, 0.5) is 10.2 Å². The van der Waals surface area contributed by atoms with Crippen LogP contribution in [0.2, 0.25) is 25.7 Å². The van der Waals surface area contributed by atoms with E-state index in [1.807, 2.05) is 13.8 Å². The molecule has 0 unspecified atom stereocenters. The summed E-state index contributed by atoms with van der Waals surface area (Å²) in [4.78, 5) is 30.9. The molecule has 0 bridgehead atoms. The number of hydrogen-bond donors (Lipinski definition) is 2. The normalized spacial score (nSPS) is 16.0. The molecule has 10 nitrogen and oxygen atoms in total. The minimum atomic E-state index is -1.21. The predicted molar refractivity (Wildman–Crippen MR) is 166 cm³/mol. The summed E-state index contributed by atoms with van der Waals surface area (Å²) >= 11 is 0.